The number of anilines is 1. The minimum atomic E-state index is -2.73. The van der Waals surface area contributed by atoms with Crippen LogP contribution in [0.25, 0.3) is 11.3 Å². The number of rotatable bonds is 8. The molecule has 0 radical (unpaired) electrons. The van der Waals surface area contributed by atoms with Gasteiger partial charge in [0.05, 0.1) is 17.7 Å². The second-order valence-electron chi connectivity index (χ2n) is 11.8. The number of alkyl halides is 2. The Labute approximate surface area is 242 Å². The number of carbonyl (C=O) groups is 3. The van der Waals surface area contributed by atoms with Gasteiger partial charge in [-0.05, 0) is 31.0 Å². The van der Waals surface area contributed by atoms with Crippen LogP contribution in [0.1, 0.15) is 37.6 Å². The molecule has 2 amide bonds. The van der Waals surface area contributed by atoms with Crippen molar-refractivity contribution in [2.24, 2.45) is 11.3 Å². The molecule has 0 saturated carbocycles. The number of likely N-dealkylation sites (N-methyl/N-ethyl adjacent to an activating group) is 1. The van der Waals surface area contributed by atoms with E-state index in [9.17, 15) is 23.2 Å². The van der Waals surface area contributed by atoms with Gasteiger partial charge in [-0.3, -0.25) is 14.4 Å². The molecule has 5 rings (SSSR count). The van der Waals surface area contributed by atoms with Crippen molar-refractivity contribution in [3.8, 4) is 11.3 Å². The Hall–Kier alpha value is -2.96. The molecule has 12 heteroatoms. The van der Waals surface area contributed by atoms with Crippen LogP contribution in [0.4, 0.5) is 13.9 Å². The van der Waals surface area contributed by atoms with Gasteiger partial charge in [0.1, 0.15) is 18.7 Å². The zero-order valence-corrected chi connectivity index (χ0v) is 24.6. The first-order chi connectivity index (χ1) is 19.5. The van der Waals surface area contributed by atoms with Gasteiger partial charge in [0.15, 0.2) is 10.9 Å². The first-order valence-electron chi connectivity index (χ1n) is 14.0. The molecule has 222 valence electrons. The number of halogens is 2. The molecule has 0 aliphatic carbocycles. The lowest BCUT2D eigenvalue weighted by Gasteiger charge is -2.36. The number of amides is 2. The standard InChI is InChI=1S/C29H37F2N5O4S/c1-5-29(2,3)24(27(39)36-14-19(25(30)31)23-22(36)21(37)15-40-23)33-26(38)18-8-6-17(7-9-18)20-16-41-28(32-20)35-12-10-34(4)11-13-35/h6-9,16,19,22-25H,5,10-15H2,1-4H3,(H,33,38)/t19-,22+,23+,24+/m0/s1. The molecular weight excluding hydrogens is 552 g/mol. The van der Waals surface area contributed by atoms with Crippen LogP contribution in [0.5, 0.6) is 0 Å². The molecule has 3 aliphatic heterocycles. The SMILES string of the molecule is CCC(C)(C)[C@H](NC(=O)c1ccc(-c2csc(N3CCN(C)CC3)n2)cc1)C(=O)N1C[C@H](C(F)F)[C@H]2OCC(=O)[C@H]21. The highest BCUT2D eigenvalue weighted by Crippen LogP contribution is 2.37. The molecule has 3 aliphatic rings. The summed E-state index contributed by atoms with van der Waals surface area (Å²) in [5.74, 6) is -2.63. The number of thiazole rings is 1. The van der Waals surface area contributed by atoms with Crippen molar-refractivity contribution in [2.45, 2.75) is 51.8 Å². The highest BCUT2D eigenvalue weighted by molar-refractivity contribution is 7.14. The maximum absolute atomic E-state index is 13.8. The number of aromatic nitrogens is 1. The van der Waals surface area contributed by atoms with E-state index in [1.807, 2.05) is 38.3 Å². The van der Waals surface area contributed by atoms with Crippen molar-refractivity contribution in [3.05, 3.63) is 35.2 Å². The summed E-state index contributed by atoms with van der Waals surface area (Å²) in [4.78, 5) is 50.3. The number of hydrogen-bond acceptors (Lipinski definition) is 8. The molecule has 2 aromatic rings. The summed E-state index contributed by atoms with van der Waals surface area (Å²) in [6.45, 7) is 8.83. The number of ether oxygens (including phenoxy) is 1. The molecule has 0 bridgehead atoms. The zero-order valence-electron chi connectivity index (χ0n) is 23.8. The fourth-order valence-electron chi connectivity index (χ4n) is 5.65. The van der Waals surface area contributed by atoms with E-state index in [4.69, 9.17) is 9.72 Å². The molecule has 1 aromatic heterocycles. The maximum Gasteiger partial charge on any atom is 0.251 e. The summed E-state index contributed by atoms with van der Waals surface area (Å²) in [6.07, 6.45) is -3.22. The Balaban J connectivity index is 1.31. The fourth-order valence-corrected chi connectivity index (χ4v) is 6.54. The summed E-state index contributed by atoms with van der Waals surface area (Å²) >= 11 is 1.60. The van der Waals surface area contributed by atoms with E-state index in [0.717, 1.165) is 42.6 Å². The van der Waals surface area contributed by atoms with E-state index in [1.54, 1.807) is 23.5 Å². The molecule has 0 spiro atoms. The van der Waals surface area contributed by atoms with Crippen molar-refractivity contribution >= 4 is 34.1 Å². The van der Waals surface area contributed by atoms with Crippen molar-refractivity contribution in [2.75, 3.05) is 51.3 Å². The predicted molar refractivity (Wildman–Crippen MR) is 152 cm³/mol. The molecule has 4 atom stereocenters. The van der Waals surface area contributed by atoms with E-state index >= 15 is 0 Å². The second kappa shape index (κ2) is 11.7. The van der Waals surface area contributed by atoms with Crippen LogP contribution in [0.15, 0.2) is 29.6 Å². The van der Waals surface area contributed by atoms with Gasteiger partial charge in [-0.25, -0.2) is 13.8 Å². The first-order valence-corrected chi connectivity index (χ1v) is 14.9. The molecule has 3 saturated heterocycles. The summed E-state index contributed by atoms with van der Waals surface area (Å²) in [5.41, 5.74) is 1.36. The fraction of sp³-hybridized carbons (Fsp3) is 0.586. The van der Waals surface area contributed by atoms with Crippen molar-refractivity contribution in [3.63, 3.8) is 0 Å². The van der Waals surface area contributed by atoms with Gasteiger partial charge in [0.2, 0.25) is 12.3 Å². The lowest BCUT2D eigenvalue weighted by atomic mass is 9.80. The minimum absolute atomic E-state index is 0.289. The van der Waals surface area contributed by atoms with Crippen molar-refractivity contribution < 1.29 is 27.9 Å². The van der Waals surface area contributed by atoms with Gasteiger partial charge in [-0.2, -0.15) is 0 Å². The van der Waals surface area contributed by atoms with E-state index in [0.29, 0.717) is 12.0 Å². The van der Waals surface area contributed by atoms with Crippen LogP contribution in [-0.4, -0.2) is 103 Å². The quantitative estimate of drug-likeness (QED) is 0.506. The molecule has 41 heavy (non-hydrogen) atoms. The normalized spacial score (nSPS) is 24.2. The third-order valence-electron chi connectivity index (χ3n) is 8.75. The number of benzene rings is 1. The average molecular weight is 590 g/mol. The van der Waals surface area contributed by atoms with E-state index < -0.39 is 47.8 Å². The molecule has 4 heterocycles. The van der Waals surface area contributed by atoms with Gasteiger partial charge >= 0.3 is 0 Å². The third-order valence-corrected chi connectivity index (χ3v) is 9.66. The second-order valence-corrected chi connectivity index (χ2v) is 12.6. The first kappa shape index (κ1) is 29.5. The lowest BCUT2D eigenvalue weighted by molar-refractivity contribution is -0.140. The highest BCUT2D eigenvalue weighted by atomic mass is 32.1. The van der Waals surface area contributed by atoms with Gasteiger partial charge in [0.25, 0.3) is 5.91 Å². The Bertz CT molecular complexity index is 1280. The maximum atomic E-state index is 13.8. The van der Waals surface area contributed by atoms with Gasteiger partial charge in [-0.15, -0.1) is 11.3 Å². The molecule has 3 fully saturated rings. The number of nitrogens with one attached hydrogen (secondary N) is 1. The van der Waals surface area contributed by atoms with Crippen molar-refractivity contribution in [1.82, 2.24) is 20.1 Å². The zero-order chi connectivity index (χ0) is 29.5. The topological polar surface area (TPSA) is 95.1 Å². The summed E-state index contributed by atoms with van der Waals surface area (Å²) in [6, 6.07) is 4.95. The van der Waals surface area contributed by atoms with Crippen molar-refractivity contribution in [1.29, 1.82) is 0 Å². The minimum Gasteiger partial charge on any atom is -0.367 e. The molecule has 1 aromatic carbocycles. The summed E-state index contributed by atoms with van der Waals surface area (Å²) in [7, 11) is 2.11. The average Bonchev–Trinajstić information content (AvgIpc) is 3.69. The van der Waals surface area contributed by atoms with E-state index in [2.05, 4.69) is 22.2 Å². The van der Waals surface area contributed by atoms with E-state index in [1.165, 1.54) is 4.90 Å². The number of ketones is 1. The highest BCUT2D eigenvalue weighted by Gasteiger charge is 2.56. The molecule has 1 N–H and O–H groups in total. The van der Waals surface area contributed by atoms with Crippen LogP contribution in [0.2, 0.25) is 0 Å². The largest absolute Gasteiger partial charge is 0.367 e. The Kier molecular flexibility index (Phi) is 8.45. The number of nitrogens with zero attached hydrogens (tertiary/aromatic N) is 4. The van der Waals surface area contributed by atoms with Gasteiger partial charge in [-0.1, -0.05) is 32.9 Å². The third kappa shape index (κ3) is 5.87. The number of carbonyl (C=O) groups excluding carboxylic acids is 3. The van der Waals surface area contributed by atoms with Gasteiger partial charge in [0, 0.05) is 49.2 Å². The lowest BCUT2D eigenvalue weighted by Crippen LogP contribution is -2.57. The van der Waals surface area contributed by atoms with Crippen LogP contribution in [0.3, 0.4) is 0 Å². The smallest absolute Gasteiger partial charge is 0.251 e. The molecular formula is C29H37F2N5O4S. The van der Waals surface area contributed by atoms with Crippen LogP contribution >= 0.6 is 11.3 Å². The molecule has 0 unspecified atom stereocenters. The number of likely N-dealkylation sites (tertiary alicyclic amines) is 1. The number of piperazine rings is 1. The Morgan fingerprint density at radius 1 is 1.17 bits per heavy atom. The summed E-state index contributed by atoms with van der Waals surface area (Å²) in [5, 5.41) is 5.84. The number of Topliss-reactive ketones (excluding diaryl/α,β-unsaturated/α-hetero) is 1. The number of hydrogen-bond donors (Lipinski definition) is 1. The van der Waals surface area contributed by atoms with Crippen LogP contribution < -0.4 is 10.2 Å². The van der Waals surface area contributed by atoms with Gasteiger partial charge < -0.3 is 24.8 Å². The Morgan fingerprint density at radius 2 is 1.85 bits per heavy atom. The molecule has 9 nitrogen and oxygen atoms in total. The number of fused-ring (bicyclic) bond motifs is 1. The van der Waals surface area contributed by atoms with Crippen LogP contribution in [-0.2, 0) is 14.3 Å². The predicted octanol–water partition coefficient (Wildman–Crippen LogP) is 3.16. The summed E-state index contributed by atoms with van der Waals surface area (Å²) < 4.78 is 32.8. The monoisotopic (exact) mass is 589 g/mol. The Morgan fingerprint density at radius 3 is 2.49 bits per heavy atom. The van der Waals surface area contributed by atoms with Crippen LogP contribution in [0, 0.1) is 11.3 Å². The van der Waals surface area contributed by atoms with E-state index in [-0.39, 0.29) is 18.9 Å².